The third kappa shape index (κ3) is 2.60. The molecule has 0 atom stereocenters. The highest BCUT2D eigenvalue weighted by atomic mass is 79.9. The molecule has 5 heteroatoms. The lowest BCUT2D eigenvalue weighted by Gasteiger charge is -2.05. The van der Waals surface area contributed by atoms with E-state index >= 15 is 0 Å². The fourth-order valence-corrected chi connectivity index (χ4v) is 3.07. The molecule has 0 radical (unpaired) electrons. The van der Waals surface area contributed by atoms with Crippen LogP contribution in [0.1, 0.15) is 5.56 Å². The number of hydrogen-bond donors (Lipinski definition) is 2. The van der Waals surface area contributed by atoms with Crippen LogP contribution in [0, 0.1) is 0 Å². The van der Waals surface area contributed by atoms with Gasteiger partial charge in [0.05, 0.1) is 19.2 Å². The quantitative estimate of drug-likeness (QED) is 0.732. The number of carboxylic acid groups (broad SMARTS) is 1. The van der Waals surface area contributed by atoms with Crippen molar-refractivity contribution in [3.63, 3.8) is 0 Å². The number of methoxy groups -OCH3 is 1. The number of hydrogen-bond acceptors (Lipinski definition) is 2. The second kappa shape index (κ2) is 5.85. The monoisotopic (exact) mass is 359 g/mol. The predicted octanol–water partition coefficient (Wildman–Crippen LogP) is 4.23. The minimum atomic E-state index is -0.864. The third-order valence-electron chi connectivity index (χ3n) is 3.58. The number of carboxylic acids is 1. The molecular weight excluding hydrogens is 346 g/mol. The van der Waals surface area contributed by atoms with Crippen LogP contribution >= 0.6 is 15.9 Å². The normalized spacial score (nSPS) is 10.8. The highest BCUT2D eigenvalue weighted by molar-refractivity contribution is 9.10. The number of fused-ring (bicyclic) bond motifs is 1. The zero-order valence-electron chi connectivity index (χ0n) is 11.9. The summed E-state index contributed by atoms with van der Waals surface area (Å²) >= 11 is 3.53. The van der Waals surface area contributed by atoms with Gasteiger partial charge in [0.2, 0.25) is 0 Å². The summed E-state index contributed by atoms with van der Waals surface area (Å²) in [6.45, 7) is 0. The Hall–Kier alpha value is -2.27. The molecule has 0 saturated heterocycles. The lowest BCUT2D eigenvalue weighted by Crippen LogP contribution is -2.01. The molecule has 1 heterocycles. The molecule has 0 fully saturated rings. The molecule has 0 unspecified atom stereocenters. The van der Waals surface area contributed by atoms with E-state index in [2.05, 4.69) is 20.9 Å². The second-order valence-electron chi connectivity index (χ2n) is 4.94. The van der Waals surface area contributed by atoms with Crippen LogP contribution in [-0.4, -0.2) is 23.2 Å². The molecule has 0 saturated carbocycles. The summed E-state index contributed by atoms with van der Waals surface area (Å²) < 4.78 is 6.17. The van der Waals surface area contributed by atoms with Crippen molar-refractivity contribution in [2.24, 2.45) is 0 Å². The molecule has 2 N–H and O–H groups in total. The first-order valence-electron chi connectivity index (χ1n) is 6.75. The Morgan fingerprint density at radius 2 is 2.05 bits per heavy atom. The number of rotatable bonds is 4. The van der Waals surface area contributed by atoms with Crippen molar-refractivity contribution in [1.29, 1.82) is 0 Å². The molecular formula is C17H14BrNO3. The zero-order valence-corrected chi connectivity index (χ0v) is 13.5. The fourth-order valence-electron chi connectivity index (χ4n) is 2.58. The highest BCUT2D eigenvalue weighted by Gasteiger charge is 2.17. The van der Waals surface area contributed by atoms with Crippen molar-refractivity contribution >= 4 is 32.8 Å². The molecule has 0 bridgehead atoms. The number of aromatic amines is 1. The summed E-state index contributed by atoms with van der Waals surface area (Å²) in [5.74, 6) is -0.158. The molecule has 112 valence electrons. The SMILES string of the molecule is COc1ccc2[nH]c(-c3ccccc3Br)c(CC(=O)O)c2c1. The Balaban J connectivity index is 2.29. The van der Waals surface area contributed by atoms with Gasteiger partial charge in [0, 0.05) is 20.9 Å². The van der Waals surface area contributed by atoms with Crippen LogP contribution in [-0.2, 0) is 11.2 Å². The predicted molar refractivity (Wildman–Crippen MR) is 89.3 cm³/mol. The van der Waals surface area contributed by atoms with Gasteiger partial charge in [-0.1, -0.05) is 34.1 Å². The average Bonchev–Trinajstić information content (AvgIpc) is 2.85. The Morgan fingerprint density at radius 3 is 2.73 bits per heavy atom. The van der Waals surface area contributed by atoms with E-state index in [1.54, 1.807) is 7.11 Å². The first-order chi connectivity index (χ1) is 10.6. The summed E-state index contributed by atoms with van der Waals surface area (Å²) in [5.41, 5.74) is 3.41. The maximum absolute atomic E-state index is 11.3. The van der Waals surface area contributed by atoms with Crippen molar-refractivity contribution in [2.75, 3.05) is 7.11 Å². The van der Waals surface area contributed by atoms with Gasteiger partial charge in [-0.2, -0.15) is 0 Å². The van der Waals surface area contributed by atoms with E-state index in [1.165, 1.54) is 0 Å². The van der Waals surface area contributed by atoms with Crippen LogP contribution in [0.25, 0.3) is 22.2 Å². The molecule has 1 aromatic heterocycles. The molecule has 3 aromatic rings. The largest absolute Gasteiger partial charge is 0.497 e. The van der Waals surface area contributed by atoms with Gasteiger partial charge in [-0.3, -0.25) is 4.79 Å². The topological polar surface area (TPSA) is 62.3 Å². The van der Waals surface area contributed by atoms with Gasteiger partial charge in [0.15, 0.2) is 0 Å². The summed E-state index contributed by atoms with van der Waals surface area (Å²) in [6, 6.07) is 13.4. The summed E-state index contributed by atoms with van der Waals surface area (Å²) in [7, 11) is 1.60. The van der Waals surface area contributed by atoms with E-state index in [0.717, 1.165) is 32.2 Å². The second-order valence-corrected chi connectivity index (χ2v) is 5.79. The number of aromatic nitrogens is 1. The van der Waals surface area contributed by atoms with Crippen LogP contribution in [0.4, 0.5) is 0 Å². The van der Waals surface area contributed by atoms with E-state index < -0.39 is 5.97 Å². The molecule has 3 rings (SSSR count). The number of H-pyrrole nitrogens is 1. The van der Waals surface area contributed by atoms with Crippen LogP contribution < -0.4 is 4.74 Å². The Labute approximate surface area is 135 Å². The Bertz CT molecular complexity index is 854. The van der Waals surface area contributed by atoms with Gasteiger partial charge in [0.1, 0.15) is 5.75 Å². The van der Waals surface area contributed by atoms with Crippen LogP contribution in [0.15, 0.2) is 46.9 Å². The van der Waals surface area contributed by atoms with Crippen LogP contribution in [0.3, 0.4) is 0 Å². The van der Waals surface area contributed by atoms with Crippen molar-refractivity contribution in [1.82, 2.24) is 4.98 Å². The maximum Gasteiger partial charge on any atom is 0.307 e. The van der Waals surface area contributed by atoms with Crippen LogP contribution in [0.2, 0.25) is 0 Å². The van der Waals surface area contributed by atoms with E-state index in [9.17, 15) is 9.90 Å². The number of benzene rings is 2. The smallest absolute Gasteiger partial charge is 0.307 e. The van der Waals surface area contributed by atoms with Gasteiger partial charge >= 0.3 is 5.97 Å². The number of aliphatic carboxylic acids is 1. The van der Waals surface area contributed by atoms with E-state index in [4.69, 9.17) is 4.74 Å². The molecule has 4 nitrogen and oxygen atoms in total. The maximum atomic E-state index is 11.3. The van der Waals surface area contributed by atoms with Gasteiger partial charge in [-0.25, -0.2) is 0 Å². The lowest BCUT2D eigenvalue weighted by atomic mass is 10.0. The third-order valence-corrected chi connectivity index (χ3v) is 4.28. The molecule has 22 heavy (non-hydrogen) atoms. The molecule has 0 aliphatic heterocycles. The Kier molecular flexibility index (Phi) is 3.90. The molecule has 0 spiro atoms. The average molecular weight is 360 g/mol. The Morgan fingerprint density at radius 1 is 1.27 bits per heavy atom. The summed E-state index contributed by atoms with van der Waals surface area (Å²) in [5, 5.41) is 10.1. The first kappa shape index (κ1) is 14.7. The minimum Gasteiger partial charge on any atom is -0.497 e. The standard InChI is InChI=1S/C17H14BrNO3/c1-22-10-6-7-15-12(8-10)13(9-16(20)21)17(19-15)11-4-2-3-5-14(11)18/h2-8,19H,9H2,1H3,(H,20,21). The minimum absolute atomic E-state index is 0.0518. The fraction of sp³-hybridized carbons (Fsp3) is 0.118. The van der Waals surface area contributed by atoms with Crippen molar-refractivity contribution < 1.29 is 14.6 Å². The lowest BCUT2D eigenvalue weighted by molar-refractivity contribution is -0.136. The number of ether oxygens (including phenoxy) is 1. The van der Waals surface area contributed by atoms with Gasteiger partial charge in [-0.15, -0.1) is 0 Å². The van der Waals surface area contributed by atoms with E-state index in [1.807, 2.05) is 42.5 Å². The van der Waals surface area contributed by atoms with Crippen molar-refractivity contribution in [3.8, 4) is 17.0 Å². The number of nitrogens with one attached hydrogen (secondary N) is 1. The molecule has 0 aliphatic carbocycles. The van der Waals surface area contributed by atoms with Gasteiger partial charge < -0.3 is 14.8 Å². The number of carbonyl (C=O) groups is 1. The number of halogens is 1. The first-order valence-corrected chi connectivity index (χ1v) is 7.54. The molecule has 0 aliphatic rings. The molecule has 2 aromatic carbocycles. The van der Waals surface area contributed by atoms with Gasteiger partial charge in [0.25, 0.3) is 0 Å². The van der Waals surface area contributed by atoms with Crippen molar-refractivity contribution in [3.05, 3.63) is 52.5 Å². The highest BCUT2D eigenvalue weighted by Crippen LogP contribution is 2.36. The summed E-state index contributed by atoms with van der Waals surface area (Å²) in [4.78, 5) is 14.6. The molecule has 0 amide bonds. The van der Waals surface area contributed by atoms with Gasteiger partial charge in [-0.05, 0) is 29.8 Å². The van der Waals surface area contributed by atoms with E-state index in [0.29, 0.717) is 5.75 Å². The summed E-state index contributed by atoms with van der Waals surface area (Å²) in [6.07, 6.45) is -0.0518. The zero-order chi connectivity index (χ0) is 15.7. The van der Waals surface area contributed by atoms with Crippen LogP contribution in [0.5, 0.6) is 5.75 Å². The van der Waals surface area contributed by atoms with E-state index in [-0.39, 0.29) is 6.42 Å². The van der Waals surface area contributed by atoms with Crippen molar-refractivity contribution in [2.45, 2.75) is 6.42 Å².